The zero-order valence-electron chi connectivity index (χ0n) is 13.6. The van der Waals surface area contributed by atoms with Crippen molar-refractivity contribution >= 4 is 12.2 Å². The number of ether oxygens (including phenoxy) is 3. The van der Waals surface area contributed by atoms with Crippen LogP contribution in [0.3, 0.4) is 0 Å². The van der Waals surface area contributed by atoms with Crippen LogP contribution < -0.4 is 0 Å². The average Bonchev–Trinajstić information content (AvgIpc) is 2.17. The summed E-state index contributed by atoms with van der Waals surface area (Å²) in [6.07, 6.45) is -1.71. The van der Waals surface area contributed by atoms with E-state index in [0.29, 0.717) is 0 Å². The molecule has 0 aliphatic carbocycles. The lowest BCUT2D eigenvalue weighted by Crippen LogP contribution is -2.68. The Morgan fingerprint density at radius 1 is 1.05 bits per heavy atom. The molecule has 1 heterocycles. The van der Waals surface area contributed by atoms with Crippen molar-refractivity contribution in [3.05, 3.63) is 0 Å². The summed E-state index contributed by atoms with van der Waals surface area (Å²) in [4.78, 5) is 25.5. The molecule has 7 heteroatoms. The van der Waals surface area contributed by atoms with E-state index in [1.54, 1.807) is 41.5 Å². The van der Waals surface area contributed by atoms with Crippen LogP contribution in [0.5, 0.6) is 0 Å². The molecule has 0 unspecified atom stereocenters. The minimum Gasteiger partial charge on any atom is -0.443 e. The Morgan fingerprint density at radius 3 is 1.62 bits per heavy atom. The highest BCUT2D eigenvalue weighted by Gasteiger charge is 2.52. The van der Waals surface area contributed by atoms with Crippen LogP contribution in [-0.4, -0.2) is 58.8 Å². The van der Waals surface area contributed by atoms with Gasteiger partial charge in [-0.2, -0.15) is 4.90 Å². The van der Waals surface area contributed by atoms with Gasteiger partial charge in [-0.25, -0.2) is 9.59 Å². The van der Waals surface area contributed by atoms with E-state index in [1.807, 2.05) is 0 Å². The first-order chi connectivity index (χ1) is 9.40. The van der Waals surface area contributed by atoms with Crippen LogP contribution in [0, 0.1) is 0 Å². The molecule has 0 aromatic rings. The lowest BCUT2D eigenvalue weighted by atomic mass is 9.97. The molecule has 7 nitrogen and oxygen atoms in total. The molecule has 2 amide bonds. The van der Waals surface area contributed by atoms with Crippen LogP contribution in [-0.2, 0) is 14.2 Å². The second-order valence-corrected chi connectivity index (χ2v) is 7.17. The maximum atomic E-state index is 12.3. The van der Waals surface area contributed by atoms with E-state index in [4.69, 9.17) is 14.2 Å². The van der Waals surface area contributed by atoms with Crippen molar-refractivity contribution in [1.82, 2.24) is 4.90 Å². The molecule has 0 saturated carbocycles. The number of amides is 2. The van der Waals surface area contributed by atoms with E-state index in [1.165, 1.54) is 0 Å². The number of nitrogens with zero attached hydrogens (tertiary/aromatic N) is 1. The first-order valence-corrected chi connectivity index (χ1v) is 6.85. The summed E-state index contributed by atoms with van der Waals surface area (Å²) < 4.78 is 15.5. The number of aliphatic hydroxyl groups excluding tert-OH is 1. The highest BCUT2D eigenvalue weighted by Crippen LogP contribution is 2.28. The zero-order chi connectivity index (χ0) is 16.5. The standard InChI is InChI=1S/C14H25NO6/c1-12(2,3)20-10(17)15(11(18)21-13(4,5)6)14(7-16)8-19-9-14/h16H,7-9H2,1-6H3. The average molecular weight is 303 g/mol. The molecular formula is C14H25NO6. The van der Waals surface area contributed by atoms with Crippen LogP contribution in [0.1, 0.15) is 41.5 Å². The van der Waals surface area contributed by atoms with Crippen molar-refractivity contribution in [3.8, 4) is 0 Å². The van der Waals surface area contributed by atoms with Gasteiger partial charge >= 0.3 is 12.2 Å². The first kappa shape index (κ1) is 17.7. The van der Waals surface area contributed by atoms with Gasteiger partial charge in [-0.1, -0.05) is 0 Å². The van der Waals surface area contributed by atoms with E-state index < -0.39 is 35.5 Å². The minimum absolute atomic E-state index is 0.0575. The van der Waals surface area contributed by atoms with Crippen LogP contribution in [0.15, 0.2) is 0 Å². The quantitative estimate of drug-likeness (QED) is 0.839. The number of hydrogen-bond donors (Lipinski definition) is 1. The van der Waals surface area contributed by atoms with Gasteiger partial charge in [0.2, 0.25) is 0 Å². The molecule has 1 rings (SSSR count). The third kappa shape index (κ3) is 4.57. The van der Waals surface area contributed by atoms with Gasteiger partial charge in [-0.05, 0) is 41.5 Å². The highest BCUT2D eigenvalue weighted by molar-refractivity contribution is 5.89. The van der Waals surface area contributed by atoms with E-state index in [9.17, 15) is 14.7 Å². The van der Waals surface area contributed by atoms with Gasteiger partial charge in [-0.3, -0.25) is 0 Å². The topological polar surface area (TPSA) is 85.3 Å². The molecule has 0 bridgehead atoms. The van der Waals surface area contributed by atoms with Gasteiger partial charge in [0.05, 0.1) is 19.8 Å². The van der Waals surface area contributed by atoms with Crippen LogP contribution >= 0.6 is 0 Å². The maximum absolute atomic E-state index is 12.3. The SMILES string of the molecule is CC(C)(C)OC(=O)N(C(=O)OC(C)(C)C)C1(CO)COC1. The molecular weight excluding hydrogens is 278 g/mol. The molecule has 1 fully saturated rings. The molecule has 0 radical (unpaired) electrons. The largest absolute Gasteiger partial charge is 0.443 e. The molecule has 1 saturated heterocycles. The Hall–Kier alpha value is -1.34. The monoisotopic (exact) mass is 303 g/mol. The second kappa shape index (κ2) is 5.81. The summed E-state index contributed by atoms with van der Waals surface area (Å²) in [6.45, 7) is 9.88. The predicted octanol–water partition coefficient (Wildman–Crippen LogP) is 1.92. The number of rotatable bonds is 2. The predicted molar refractivity (Wildman–Crippen MR) is 74.9 cm³/mol. The summed E-state index contributed by atoms with van der Waals surface area (Å²) in [6, 6.07) is 0. The van der Waals surface area contributed by atoms with Gasteiger partial charge in [0.15, 0.2) is 0 Å². The van der Waals surface area contributed by atoms with Crippen molar-refractivity contribution in [2.45, 2.75) is 58.3 Å². The van der Waals surface area contributed by atoms with Gasteiger partial charge < -0.3 is 19.3 Å². The maximum Gasteiger partial charge on any atom is 0.420 e. The fourth-order valence-corrected chi connectivity index (χ4v) is 1.71. The normalized spacial score (nSPS) is 17.7. The Morgan fingerprint density at radius 2 is 1.43 bits per heavy atom. The third-order valence-corrected chi connectivity index (χ3v) is 2.66. The third-order valence-electron chi connectivity index (χ3n) is 2.66. The number of carbonyl (C=O) groups is 2. The van der Waals surface area contributed by atoms with Crippen molar-refractivity contribution in [1.29, 1.82) is 0 Å². The highest BCUT2D eigenvalue weighted by atomic mass is 16.6. The molecule has 0 atom stereocenters. The summed E-state index contributed by atoms with van der Waals surface area (Å²) in [5.74, 6) is 0. The summed E-state index contributed by atoms with van der Waals surface area (Å²) >= 11 is 0. The number of imide groups is 1. The Labute approximate surface area is 125 Å². The van der Waals surface area contributed by atoms with Crippen molar-refractivity contribution in [2.75, 3.05) is 19.8 Å². The Kier molecular flexibility index (Phi) is 4.90. The number of aliphatic hydroxyl groups is 1. The minimum atomic E-state index is -1.12. The molecule has 1 aliphatic heterocycles. The summed E-state index contributed by atoms with van der Waals surface area (Å²) in [7, 11) is 0. The molecule has 1 aliphatic rings. The van der Waals surface area contributed by atoms with E-state index >= 15 is 0 Å². The lowest BCUT2D eigenvalue weighted by molar-refractivity contribution is -0.150. The second-order valence-electron chi connectivity index (χ2n) is 7.17. The molecule has 122 valence electrons. The lowest BCUT2D eigenvalue weighted by Gasteiger charge is -2.46. The van der Waals surface area contributed by atoms with E-state index in [-0.39, 0.29) is 13.2 Å². The van der Waals surface area contributed by atoms with Gasteiger partial charge in [0, 0.05) is 0 Å². The smallest absolute Gasteiger partial charge is 0.420 e. The fraction of sp³-hybridized carbons (Fsp3) is 0.857. The first-order valence-electron chi connectivity index (χ1n) is 6.85. The molecule has 0 spiro atoms. The molecule has 21 heavy (non-hydrogen) atoms. The molecule has 0 aromatic heterocycles. The van der Waals surface area contributed by atoms with Crippen LogP contribution in [0.4, 0.5) is 9.59 Å². The van der Waals surface area contributed by atoms with Gasteiger partial charge in [0.1, 0.15) is 16.7 Å². The van der Waals surface area contributed by atoms with E-state index in [2.05, 4.69) is 0 Å². The van der Waals surface area contributed by atoms with Crippen molar-refractivity contribution in [3.63, 3.8) is 0 Å². The molecule has 1 N–H and O–H groups in total. The number of carbonyl (C=O) groups excluding carboxylic acids is 2. The van der Waals surface area contributed by atoms with Crippen LogP contribution in [0.2, 0.25) is 0 Å². The fourth-order valence-electron chi connectivity index (χ4n) is 1.71. The Balaban J connectivity index is 3.00. The number of hydrogen-bond acceptors (Lipinski definition) is 6. The van der Waals surface area contributed by atoms with Crippen molar-refractivity contribution in [2.24, 2.45) is 0 Å². The van der Waals surface area contributed by atoms with Crippen molar-refractivity contribution < 1.29 is 28.9 Å². The van der Waals surface area contributed by atoms with E-state index in [0.717, 1.165) is 4.90 Å². The zero-order valence-corrected chi connectivity index (χ0v) is 13.6. The van der Waals surface area contributed by atoms with Crippen LogP contribution in [0.25, 0.3) is 0 Å². The Bertz CT molecular complexity index is 369. The molecule has 0 aromatic carbocycles. The summed E-state index contributed by atoms with van der Waals surface area (Å²) in [5.41, 5.74) is -2.65. The summed E-state index contributed by atoms with van der Waals surface area (Å²) in [5, 5.41) is 9.56. The van der Waals surface area contributed by atoms with Gasteiger partial charge in [0.25, 0.3) is 0 Å². The van der Waals surface area contributed by atoms with Gasteiger partial charge in [-0.15, -0.1) is 0 Å².